The molecule has 0 spiro atoms. The summed E-state index contributed by atoms with van der Waals surface area (Å²) in [5.41, 5.74) is -0.614. The molecule has 9 heteroatoms. The molecule has 0 saturated heterocycles. The number of allylic oxidation sites excluding steroid dienone is 1. The number of alkyl halides is 3. The zero-order chi connectivity index (χ0) is 16.0. The van der Waals surface area contributed by atoms with E-state index in [-0.39, 0.29) is 10.9 Å². The summed E-state index contributed by atoms with van der Waals surface area (Å²) in [4.78, 5) is 13.7. The number of nitrogens with one attached hydrogen (secondary N) is 2. The maximum absolute atomic E-state index is 12.4. The number of halogens is 4. The van der Waals surface area contributed by atoms with Gasteiger partial charge < -0.3 is 10.1 Å². The van der Waals surface area contributed by atoms with Crippen molar-refractivity contribution in [3.05, 3.63) is 34.6 Å². The van der Waals surface area contributed by atoms with Crippen LogP contribution < -0.4 is 10.1 Å². The minimum absolute atomic E-state index is 0.326. The molecule has 0 aliphatic heterocycles. The molecule has 0 saturated carbocycles. The highest BCUT2D eigenvalue weighted by atomic mass is 35.5. The van der Waals surface area contributed by atoms with E-state index in [0.29, 0.717) is 30.8 Å². The SMILES string of the molecule is CC/C(=C/C(=N)Oc1ncc(C(F)(F)F)cc1Cl)NC=O. The molecule has 1 aromatic rings. The second-order valence-corrected chi connectivity index (χ2v) is 4.17. The van der Waals surface area contributed by atoms with Crippen LogP contribution in [-0.4, -0.2) is 17.3 Å². The second kappa shape index (κ2) is 7.07. The van der Waals surface area contributed by atoms with Gasteiger partial charge in [0, 0.05) is 18.0 Å². The number of carbonyl (C=O) groups excluding carboxylic acids is 1. The molecule has 0 atom stereocenters. The zero-order valence-corrected chi connectivity index (χ0v) is 11.5. The Labute approximate surface area is 123 Å². The molecule has 21 heavy (non-hydrogen) atoms. The molecule has 0 aromatic carbocycles. The maximum Gasteiger partial charge on any atom is 0.417 e. The van der Waals surface area contributed by atoms with Crippen LogP contribution in [0.3, 0.4) is 0 Å². The molecule has 0 radical (unpaired) electrons. The average Bonchev–Trinajstić information content (AvgIpc) is 2.39. The Kier molecular flexibility index (Phi) is 5.71. The Balaban J connectivity index is 2.89. The van der Waals surface area contributed by atoms with Crippen molar-refractivity contribution in [2.24, 2.45) is 0 Å². The van der Waals surface area contributed by atoms with E-state index in [4.69, 9.17) is 21.7 Å². The molecule has 1 heterocycles. The molecular formula is C12H11ClF3N3O2. The largest absolute Gasteiger partial charge is 0.420 e. The first kappa shape index (κ1) is 17.0. The van der Waals surface area contributed by atoms with Crippen molar-refractivity contribution in [2.45, 2.75) is 19.5 Å². The minimum Gasteiger partial charge on any atom is -0.420 e. The van der Waals surface area contributed by atoms with Gasteiger partial charge in [-0.05, 0) is 12.5 Å². The highest BCUT2D eigenvalue weighted by molar-refractivity contribution is 6.32. The van der Waals surface area contributed by atoms with Gasteiger partial charge in [0.1, 0.15) is 5.02 Å². The van der Waals surface area contributed by atoms with Gasteiger partial charge in [-0.2, -0.15) is 13.2 Å². The lowest BCUT2D eigenvalue weighted by Crippen LogP contribution is -2.14. The standard InChI is InChI=1S/C12H11ClF3N3O2/c1-2-8(19-6-20)4-10(17)21-11-9(13)3-7(5-18-11)12(14,15)16/h3-6,17H,2H2,1H3,(H,19,20)/b8-4-,17-10?. The fraction of sp³-hybridized carbons (Fsp3) is 0.250. The van der Waals surface area contributed by atoms with E-state index in [1.807, 2.05) is 0 Å². The monoisotopic (exact) mass is 321 g/mol. The van der Waals surface area contributed by atoms with Crippen LogP contribution in [0.25, 0.3) is 0 Å². The number of aromatic nitrogens is 1. The van der Waals surface area contributed by atoms with E-state index in [0.717, 1.165) is 0 Å². The number of hydrogen-bond donors (Lipinski definition) is 2. The van der Waals surface area contributed by atoms with Gasteiger partial charge in [0.2, 0.25) is 18.2 Å². The van der Waals surface area contributed by atoms with E-state index < -0.39 is 17.6 Å². The predicted molar refractivity (Wildman–Crippen MR) is 70.2 cm³/mol. The summed E-state index contributed by atoms with van der Waals surface area (Å²) < 4.78 is 42.2. The summed E-state index contributed by atoms with van der Waals surface area (Å²) in [7, 11) is 0. The van der Waals surface area contributed by atoms with Gasteiger partial charge in [-0.25, -0.2) is 4.98 Å². The van der Waals surface area contributed by atoms with Crippen molar-refractivity contribution in [2.75, 3.05) is 0 Å². The number of pyridine rings is 1. The summed E-state index contributed by atoms with van der Waals surface area (Å²) in [5.74, 6) is -0.747. The zero-order valence-electron chi connectivity index (χ0n) is 10.8. The van der Waals surface area contributed by atoms with Gasteiger partial charge in [0.15, 0.2) is 0 Å². The number of amides is 1. The fourth-order valence-electron chi connectivity index (χ4n) is 1.27. The molecule has 2 N–H and O–H groups in total. The van der Waals surface area contributed by atoms with Crippen LogP contribution in [0.4, 0.5) is 13.2 Å². The van der Waals surface area contributed by atoms with Gasteiger partial charge in [-0.3, -0.25) is 10.2 Å². The van der Waals surface area contributed by atoms with Crippen LogP contribution in [0.5, 0.6) is 5.88 Å². The average molecular weight is 322 g/mol. The molecular weight excluding hydrogens is 311 g/mol. The molecule has 0 bridgehead atoms. The Hall–Kier alpha value is -2.09. The van der Waals surface area contributed by atoms with E-state index in [1.165, 1.54) is 6.08 Å². The number of nitrogens with zero attached hydrogens (tertiary/aromatic N) is 1. The summed E-state index contributed by atoms with van der Waals surface area (Å²) >= 11 is 5.63. The van der Waals surface area contributed by atoms with Crippen molar-refractivity contribution in [1.29, 1.82) is 5.41 Å². The summed E-state index contributed by atoms with van der Waals surface area (Å²) in [6.07, 6.45) is -1.94. The number of carbonyl (C=O) groups is 1. The first-order valence-corrected chi connectivity index (χ1v) is 6.05. The van der Waals surface area contributed by atoms with E-state index in [1.54, 1.807) is 6.92 Å². The maximum atomic E-state index is 12.4. The molecule has 0 fully saturated rings. The third-order valence-corrected chi connectivity index (χ3v) is 2.54. The van der Waals surface area contributed by atoms with Crippen molar-refractivity contribution in [3.63, 3.8) is 0 Å². The van der Waals surface area contributed by atoms with E-state index in [2.05, 4.69) is 10.3 Å². The first-order valence-electron chi connectivity index (χ1n) is 5.67. The van der Waals surface area contributed by atoms with Crippen molar-refractivity contribution in [1.82, 2.24) is 10.3 Å². The van der Waals surface area contributed by atoms with Gasteiger partial charge in [-0.15, -0.1) is 0 Å². The normalized spacial score (nSPS) is 12.0. The molecule has 1 amide bonds. The lowest BCUT2D eigenvalue weighted by Gasteiger charge is -2.09. The number of ether oxygens (including phenoxy) is 1. The Bertz CT molecular complexity index is 573. The van der Waals surface area contributed by atoms with Crippen molar-refractivity contribution < 1.29 is 22.7 Å². The molecule has 0 aliphatic rings. The van der Waals surface area contributed by atoms with E-state index >= 15 is 0 Å². The lowest BCUT2D eigenvalue weighted by atomic mass is 10.3. The number of rotatable bonds is 5. The third-order valence-electron chi connectivity index (χ3n) is 2.27. The Morgan fingerprint density at radius 2 is 2.24 bits per heavy atom. The predicted octanol–water partition coefficient (Wildman–Crippen LogP) is 3.15. The van der Waals surface area contributed by atoms with Gasteiger partial charge in [0.25, 0.3) is 0 Å². The second-order valence-electron chi connectivity index (χ2n) is 3.76. The number of hydrogen-bond acceptors (Lipinski definition) is 4. The van der Waals surface area contributed by atoms with Crippen LogP contribution in [0.1, 0.15) is 18.9 Å². The Morgan fingerprint density at radius 1 is 1.57 bits per heavy atom. The quantitative estimate of drug-likeness (QED) is 0.497. The fourth-order valence-corrected chi connectivity index (χ4v) is 1.47. The van der Waals surface area contributed by atoms with Crippen LogP contribution >= 0.6 is 11.6 Å². The molecule has 114 valence electrons. The van der Waals surface area contributed by atoms with Crippen LogP contribution in [0.2, 0.25) is 5.02 Å². The van der Waals surface area contributed by atoms with E-state index in [9.17, 15) is 18.0 Å². The highest BCUT2D eigenvalue weighted by Gasteiger charge is 2.31. The minimum atomic E-state index is -4.56. The van der Waals surface area contributed by atoms with Crippen molar-refractivity contribution in [3.8, 4) is 5.88 Å². The van der Waals surface area contributed by atoms with Crippen molar-refractivity contribution >= 4 is 23.9 Å². The van der Waals surface area contributed by atoms with Crippen LogP contribution in [-0.2, 0) is 11.0 Å². The van der Waals surface area contributed by atoms with Gasteiger partial charge in [-0.1, -0.05) is 18.5 Å². The highest BCUT2D eigenvalue weighted by Crippen LogP contribution is 2.33. The smallest absolute Gasteiger partial charge is 0.417 e. The summed E-state index contributed by atoms with van der Waals surface area (Å²) in [5, 5.41) is 9.52. The Morgan fingerprint density at radius 3 is 2.71 bits per heavy atom. The molecule has 0 unspecified atom stereocenters. The topological polar surface area (TPSA) is 75.1 Å². The molecule has 0 aliphatic carbocycles. The molecule has 1 rings (SSSR count). The molecule has 5 nitrogen and oxygen atoms in total. The lowest BCUT2D eigenvalue weighted by molar-refractivity contribution is -0.137. The van der Waals surface area contributed by atoms with Crippen LogP contribution in [0, 0.1) is 5.41 Å². The summed E-state index contributed by atoms with van der Waals surface area (Å²) in [6.45, 7) is 1.74. The van der Waals surface area contributed by atoms with Gasteiger partial charge >= 0.3 is 6.18 Å². The third kappa shape index (κ3) is 5.07. The first-order chi connectivity index (χ1) is 9.77. The molecule has 1 aromatic heterocycles. The van der Waals surface area contributed by atoms with Gasteiger partial charge in [0.05, 0.1) is 5.56 Å². The summed E-state index contributed by atoms with van der Waals surface area (Å²) in [6, 6.07) is 0.658. The van der Waals surface area contributed by atoms with Crippen LogP contribution in [0.15, 0.2) is 24.0 Å².